The van der Waals surface area contributed by atoms with Crippen LogP contribution in [-0.2, 0) is 14.3 Å². The fourth-order valence-corrected chi connectivity index (χ4v) is 0.779. The molecule has 0 aliphatic carbocycles. The molecule has 1 atom stereocenters. The fraction of sp³-hybridized carbons (Fsp3) is 0.700. The third kappa shape index (κ3) is 5.82. The van der Waals surface area contributed by atoms with Gasteiger partial charge in [0.15, 0.2) is 0 Å². The van der Waals surface area contributed by atoms with Gasteiger partial charge in [-0.15, -0.1) is 0 Å². The molecule has 0 fully saturated rings. The number of ether oxygens (including phenoxy) is 2. The predicted octanol–water partition coefficient (Wildman–Crippen LogP) is 0.227. The largest absolute Gasteiger partial charge is 0.432 e. The molecule has 0 rings (SSSR count). The summed E-state index contributed by atoms with van der Waals surface area (Å²) in [6, 6.07) is 0. The smallest absolute Gasteiger partial charge is 0.408 e. The van der Waals surface area contributed by atoms with E-state index < -0.39 is 18.4 Å². The van der Waals surface area contributed by atoms with Gasteiger partial charge in [0.25, 0.3) is 0 Å². The standard InChI is InChI=1S/C10H18O6/c1-5-8(16-10(12,13)14)15-9(11)7(4)6(2)3/h8,12-14H,5H2,1-4H3. The van der Waals surface area contributed by atoms with E-state index in [1.165, 1.54) is 0 Å². The van der Waals surface area contributed by atoms with Crippen molar-refractivity contribution in [1.29, 1.82) is 0 Å². The number of hydrogen-bond donors (Lipinski definition) is 3. The summed E-state index contributed by atoms with van der Waals surface area (Å²) >= 11 is 0. The van der Waals surface area contributed by atoms with Gasteiger partial charge in [-0.05, 0) is 20.8 Å². The molecule has 0 bridgehead atoms. The molecule has 0 aliphatic rings. The molecule has 6 heteroatoms. The average Bonchev–Trinajstić information content (AvgIpc) is 2.13. The lowest BCUT2D eigenvalue weighted by molar-refractivity contribution is -0.481. The molecule has 94 valence electrons. The summed E-state index contributed by atoms with van der Waals surface area (Å²) in [4.78, 5) is 11.4. The minimum absolute atomic E-state index is 0.172. The lowest BCUT2D eigenvalue weighted by atomic mass is 10.2. The van der Waals surface area contributed by atoms with Crippen LogP contribution in [0.3, 0.4) is 0 Å². The highest BCUT2D eigenvalue weighted by atomic mass is 16.9. The maximum absolute atomic E-state index is 11.4. The van der Waals surface area contributed by atoms with E-state index in [0.29, 0.717) is 5.57 Å². The Bertz CT molecular complexity index is 272. The first-order chi connectivity index (χ1) is 7.17. The van der Waals surface area contributed by atoms with Crippen molar-refractivity contribution in [3.63, 3.8) is 0 Å². The van der Waals surface area contributed by atoms with Gasteiger partial charge in [-0.3, -0.25) is 4.74 Å². The summed E-state index contributed by atoms with van der Waals surface area (Å²) in [7, 11) is 0. The number of esters is 1. The lowest BCUT2D eigenvalue weighted by Crippen LogP contribution is -2.37. The highest BCUT2D eigenvalue weighted by molar-refractivity contribution is 5.88. The molecule has 3 N–H and O–H groups in total. The van der Waals surface area contributed by atoms with E-state index in [2.05, 4.69) is 4.74 Å². The molecule has 16 heavy (non-hydrogen) atoms. The molecule has 0 aromatic heterocycles. The molecule has 0 spiro atoms. The van der Waals surface area contributed by atoms with Crippen LogP contribution in [-0.4, -0.2) is 33.7 Å². The van der Waals surface area contributed by atoms with Crippen molar-refractivity contribution in [1.82, 2.24) is 0 Å². The van der Waals surface area contributed by atoms with E-state index in [1.54, 1.807) is 27.7 Å². The Morgan fingerprint density at radius 3 is 2.06 bits per heavy atom. The molecule has 0 aliphatic heterocycles. The van der Waals surface area contributed by atoms with Crippen molar-refractivity contribution < 1.29 is 29.6 Å². The molecule has 6 nitrogen and oxygen atoms in total. The highest BCUT2D eigenvalue weighted by Crippen LogP contribution is 2.12. The van der Waals surface area contributed by atoms with Crippen molar-refractivity contribution in [3.05, 3.63) is 11.1 Å². The van der Waals surface area contributed by atoms with Gasteiger partial charge < -0.3 is 20.1 Å². The van der Waals surface area contributed by atoms with Crippen LogP contribution in [0.1, 0.15) is 34.1 Å². The lowest BCUT2D eigenvalue weighted by Gasteiger charge is -2.22. The second-order valence-corrected chi connectivity index (χ2v) is 3.56. The zero-order valence-corrected chi connectivity index (χ0v) is 9.85. The van der Waals surface area contributed by atoms with E-state index in [9.17, 15) is 4.79 Å². The van der Waals surface area contributed by atoms with Gasteiger partial charge in [0, 0.05) is 12.0 Å². The Balaban J connectivity index is 4.46. The predicted molar refractivity (Wildman–Crippen MR) is 54.7 cm³/mol. The van der Waals surface area contributed by atoms with Crippen LogP contribution < -0.4 is 0 Å². The minimum Gasteiger partial charge on any atom is -0.432 e. The van der Waals surface area contributed by atoms with Crippen LogP contribution >= 0.6 is 0 Å². The molecule has 0 saturated carbocycles. The van der Waals surface area contributed by atoms with E-state index in [-0.39, 0.29) is 6.42 Å². The molecule has 0 radical (unpaired) electrons. The Morgan fingerprint density at radius 2 is 1.75 bits per heavy atom. The number of aliphatic hydroxyl groups is 3. The third-order valence-corrected chi connectivity index (χ3v) is 1.92. The van der Waals surface area contributed by atoms with Gasteiger partial charge in [0.2, 0.25) is 6.29 Å². The highest BCUT2D eigenvalue weighted by Gasteiger charge is 2.27. The fourth-order valence-electron chi connectivity index (χ4n) is 0.779. The van der Waals surface area contributed by atoms with Crippen molar-refractivity contribution >= 4 is 5.97 Å². The van der Waals surface area contributed by atoms with Crippen LogP contribution in [0.25, 0.3) is 0 Å². The molecule has 0 aromatic carbocycles. The van der Waals surface area contributed by atoms with Crippen molar-refractivity contribution in [2.24, 2.45) is 0 Å². The number of hydrogen-bond acceptors (Lipinski definition) is 6. The van der Waals surface area contributed by atoms with Crippen molar-refractivity contribution in [2.45, 2.75) is 46.6 Å². The SMILES string of the molecule is CCC(OC(=O)C(C)=C(C)C)OC(O)(O)O. The Kier molecular flexibility index (Phi) is 5.60. The first kappa shape index (κ1) is 15.0. The monoisotopic (exact) mass is 234 g/mol. The number of carbonyl (C=O) groups is 1. The zero-order valence-electron chi connectivity index (χ0n) is 9.85. The second-order valence-electron chi connectivity index (χ2n) is 3.56. The Hall–Kier alpha value is -0.950. The van der Waals surface area contributed by atoms with Crippen LogP contribution in [0, 0.1) is 0 Å². The van der Waals surface area contributed by atoms with E-state index in [0.717, 1.165) is 5.57 Å². The topological polar surface area (TPSA) is 96.2 Å². The quantitative estimate of drug-likeness (QED) is 0.358. The molecule has 0 saturated heterocycles. The van der Waals surface area contributed by atoms with Gasteiger partial charge in [0.1, 0.15) is 0 Å². The molecule has 0 aromatic rings. The van der Waals surface area contributed by atoms with E-state index >= 15 is 0 Å². The third-order valence-electron chi connectivity index (χ3n) is 1.92. The summed E-state index contributed by atoms with van der Waals surface area (Å²) in [6.07, 6.45) is -4.35. The number of rotatable bonds is 5. The molecular weight excluding hydrogens is 216 g/mol. The summed E-state index contributed by atoms with van der Waals surface area (Å²) in [5, 5.41) is 25.7. The van der Waals surface area contributed by atoms with E-state index in [1.807, 2.05) is 0 Å². The van der Waals surface area contributed by atoms with Gasteiger partial charge in [-0.2, -0.15) is 0 Å². The van der Waals surface area contributed by atoms with Crippen LogP contribution in [0.5, 0.6) is 0 Å². The minimum atomic E-state index is -3.31. The Labute approximate surface area is 94.1 Å². The van der Waals surface area contributed by atoms with Gasteiger partial charge >= 0.3 is 12.1 Å². The molecular formula is C10H18O6. The maximum Gasteiger partial charge on any atom is 0.408 e. The van der Waals surface area contributed by atoms with Gasteiger partial charge in [-0.1, -0.05) is 12.5 Å². The number of carbonyl (C=O) groups excluding carboxylic acids is 1. The Morgan fingerprint density at radius 1 is 1.25 bits per heavy atom. The molecule has 0 heterocycles. The summed E-state index contributed by atoms with van der Waals surface area (Å²) < 4.78 is 9.09. The normalized spacial score (nSPS) is 13.2. The number of allylic oxidation sites excluding steroid dienone is 1. The van der Waals surface area contributed by atoms with E-state index in [4.69, 9.17) is 20.1 Å². The molecule has 0 amide bonds. The summed E-state index contributed by atoms with van der Waals surface area (Å²) in [5.41, 5.74) is 1.18. The summed E-state index contributed by atoms with van der Waals surface area (Å²) in [6.45, 7) is 6.66. The zero-order chi connectivity index (χ0) is 12.9. The first-order valence-electron chi connectivity index (χ1n) is 4.87. The van der Waals surface area contributed by atoms with Gasteiger partial charge in [0.05, 0.1) is 0 Å². The molecule has 1 unspecified atom stereocenters. The maximum atomic E-state index is 11.4. The van der Waals surface area contributed by atoms with Crippen LogP contribution in [0.4, 0.5) is 0 Å². The first-order valence-corrected chi connectivity index (χ1v) is 4.87. The summed E-state index contributed by atoms with van der Waals surface area (Å²) in [5.74, 6) is -0.629. The van der Waals surface area contributed by atoms with Crippen molar-refractivity contribution in [2.75, 3.05) is 0 Å². The van der Waals surface area contributed by atoms with Crippen molar-refractivity contribution in [3.8, 4) is 0 Å². The van der Waals surface area contributed by atoms with Gasteiger partial charge in [-0.25, -0.2) is 4.79 Å². The van der Waals surface area contributed by atoms with Crippen LogP contribution in [0.15, 0.2) is 11.1 Å². The average molecular weight is 234 g/mol. The second kappa shape index (κ2) is 5.95. The van der Waals surface area contributed by atoms with Crippen LogP contribution in [0.2, 0.25) is 0 Å².